The molecule has 4 nitrogen and oxygen atoms in total. The van der Waals surface area contributed by atoms with Gasteiger partial charge >= 0.3 is 0 Å². The van der Waals surface area contributed by atoms with Crippen LogP contribution in [0.25, 0.3) is 10.9 Å². The molecule has 23 heavy (non-hydrogen) atoms. The van der Waals surface area contributed by atoms with E-state index in [0.717, 1.165) is 36.1 Å². The Morgan fingerprint density at radius 1 is 1.35 bits per heavy atom. The van der Waals surface area contributed by atoms with Crippen LogP contribution in [0.2, 0.25) is 0 Å². The van der Waals surface area contributed by atoms with Gasteiger partial charge in [0.25, 0.3) is 0 Å². The number of aryl methyl sites for hydroxylation is 1. The van der Waals surface area contributed by atoms with Crippen LogP contribution >= 0.6 is 15.9 Å². The molecule has 0 aromatic carbocycles. The van der Waals surface area contributed by atoms with E-state index >= 15 is 0 Å². The highest BCUT2D eigenvalue weighted by atomic mass is 79.9. The second-order valence-electron chi connectivity index (χ2n) is 6.44. The van der Waals surface area contributed by atoms with Crippen LogP contribution in [0.3, 0.4) is 0 Å². The number of likely N-dealkylation sites (tertiary alicyclic amines) is 1. The molecule has 2 aromatic heterocycles. The smallest absolute Gasteiger partial charge is 0.189 e. The molecule has 0 bridgehead atoms. The Labute approximate surface area is 145 Å². The van der Waals surface area contributed by atoms with Crippen molar-refractivity contribution in [2.75, 3.05) is 19.6 Å². The Hall–Kier alpha value is -1.20. The van der Waals surface area contributed by atoms with E-state index in [1.54, 1.807) is 6.07 Å². The molecule has 3 heterocycles. The van der Waals surface area contributed by atoms with Gasteiger partial charge in [-0.05, 0) is 60.3 Å². The molecular weight excluding hydrogens is 354 g/mol. The zero-order valence-electron chi connectivity index (χ0n) is 13.9. The maximum Gasteiger partial charge on any atom is 0.189 e. The van der Waals surface area contributed by atoms with Gasteiger partial charge in [-0.15, -0.1) is 0 Å². The van der Waals surface area contributed by atoms with E-state index in [4.69, 9.17) is 0 Å². The summed E-state index contributed by atoms with van der Waals surface area (Å²) < 4.78 is 3.03. The summed E-state index contributed by atoms with van der Waals surface area (Å²) >= 11 is 3.37. The minimum atomic E-state index is 0.0928. The first-order chi connectivity index (χ1) is 11.1. The van der Waals surface area contributed by atoms with Crippen LogP contribution in [-0.4, -0.2) is 34.1 Å². The fourth-order valence-electron chi connectivity index (χ4n) is 3.64. The summed E-state index contributed by atoms with van der Waals surface area (Å²) in [5, 5.41) is 0.757. The van der Waals surface area contributed by atoms with E-state index in [1.807, 2.05) is 12.3 Å². The number of fused-ring (bicyclic) bond motifs is 1. The predicted octanol–water partition coefficient (Wildman–Crippen LogP) is 3.45. The number of nitrogens with zero attached hydrogens (tertiary/aromatic N) is 3. The monoisotopic (exact) mass is 377 g/mol. The average molecular weight is 378 g/mol. The molecule has 3 rings (SSSR count). The Kier molecular flexibility index (Phi) is 5.17. The van der Waals surface area contributed by atoms with Gasteiger partial charge < -0.3 is 9.47 Å². The summed E-state index contributed by atoms with van der Waals surface area (Å²) in [6, 6.07) is 3.64. The molecule has 0 unspecified atom stereocenters. The summed E-state index contributed by atoms with van der Waals surface area (Å²) in [7, 11) is 0. The van der Waals surface area contributed by atoms with Gasteiger partial charge in [-0.25, -0.2) is 4.98 Å². The summed E-state index contributed by atoms with van der Waals surface area (Å²) in [5.41, 5.74) is 2.17. The van der Waals surface area contributed by atoms with Crippen LogP contribution in [0.15, 0.2) is 27.7 Å². The van der Waals surface area contributed by atoms with Gasteiger partial charge in [-0.2, -0.15) is 0 Å². The first-order valence-electron chi connectivity index (χ1n) is 8.52. The lowest BCUT2D eigenvalue weighted by molar-refractivity contribution is 0.317. The third-order valence-electron chi connectivity index (χ3n) is 4.76. The predicted molar refractivity (Wildman–Crippen MR) is 97.9 cm³/mol. The van der Waals surface area contributed by atoms with Crippen LogP contribution in [0, 0.1) is 5.92 Å². The van der Waals surface area contributed by atoms with Crippen molar-refractivity contribution in [1.29, 1.82) is 0 Å². The summed E-state index contributed by atoms with van der Waals surface area (Å²) in [6.45, 7) is 8.87. The molecule has 1 aliphatic rings. The molecule has 1 atom stereocenters. The maximum absolute atomic E-state index is 12.4. The maximum atomic E-state index is 12.4. The van der Waals surface area contributed by atoms with Crippen molar-refractivity contribution in [3.63, 3.8) is 0 Å². The molecule has 5 heteroatoms. The van der Waals surface area contributed by atoms with Gasteiger partial charge in [0.2, 0.25) is 0 Å². The summed E-state index contributed by atoms with van der Waals surface area (Å²) in [4.78, 5) is 19.3. The number of aromatic nitrogens is 2. The van der Waals surface area contributed by atoms with Crippen molar-refractivity contribution < 1.29 is 0 Å². The second-order valence-corrected chi connectivity index (χ2v) is 7.26. The summed E-state index contributed by atoms with van der Waals surface area (Å²) in [6.07, 6.45) is 5.15. The third-order valence-corrected chi connectivity index (χ3v) is 5.20. The lowest BCUT2D eigenvalue weighted by atomic mass is 10.1. The Balaban J connectivity index is 1.96. The molecule has 124 valence electrons. The quantitative estimate of drug-likeness (QED) is 0.748. The van der Waals surface area contributed by atoms with E-state index in [2.05, 4.69) is 44.2 Å². The molecule has 1 saturated heterocycles. The van der Waals surface area contributed by atoms with Crippen molar-refractivity contribution in [3.05, 3.63) is 38.9 Å². The molecular formula is C18H24BrN3O. The molecule has 0 radical (unpaired) electrons. The topological polar surface area (TPSA) is 38.1 Å². The highest BCUT2D eigenvalue weighted by molar-refractivity contribution is 9.10. The van der Waals surface area contributed by atoms with Crippen molar-refractivity contribution in [2.45, 2.75) is 39.7 Å². The molecule has 1 aliphatic heterocycles. The number of halogens is 1. The average Bonchev–Trinajstić information content (AvgIpc) is 2.97. The molecule has 0 N–H and O–H groups in total. The Morgan fingerprint density at radius 3 is 2.91 bits per heavy atom. The Bertz CT molecular complexity index is 756. The number of hydrogen-bond acceptors (Lipinski definition) is 3. The van der Waals surface area contributed by atoms with Crippen molar-refractivity contribution in [1.82, 2.24) is 14.5 Å². The lowest BCUT2D eigenvalue weighted by Gasteiger charge is -2.20. The number of hydrogen-bond donors (Lipinski definition) is 0. The van der Waals surface area contributed by atoms with E-state index in [1.165, 1.54) is 25.9 Å². The highest BCUT2D eigenvalue weighted by Crippen LogP contribution is 2.23. The normalized spacial score (nSPS) is 18.8. The molecule has 2 aromatic rings. The van der Waals surface area contributed by atoms with Crippen molar-refractivity contribution >= 4 is 26.8 Å². The zero-order valence-corrected chi connectivity index (χ0v) is 15.5. The van der Waals surface area contributed by atoms with E-state index in [0.29, 0.717) is 10.5 Å². The fraction of sp³-hybridized carbons (Fsp3) is 0.556. The molecule has 0 aliphatic carbocycles. The van der Waals surface area contributed by atoms with Gasteiger partial charge in [-0.3, -0.25) is 4.79 Å². The van der Waals surface area contributed by atoms with Crippen LogP contribution < -0.4 is 5.43 Å². The van der Waals surface area contributed by atoms with Crippen LogP contribution in [0.4, 0.5) is 0 Å². The van der Waals surface area contributed by atoms with Crippen LogP contribution in [0.5, 0.6) is 0 Å². The van der Waals surface area contributed by atoms with Crippen molar-refractivity contribution in [2.24, 2.45) is 5.92 Å². The Morgan fingerprint density at radius 2 is 2.17 bits per heavy atom. The van der Waals surface area contributed by atoms with Gasteiger partial charge in [0.1, 0.15) is 4.60 Å². The van der Waals surface area contributed by atoms with Gasteiger partial charge in [0.15, 0.2) is 5.43 Å². The first-order valence-corrected chi connectivity index (χ1v) is 9.32. The minimum absolute atomic E-state index is 0.0928. The number of rotatable bonds is 5. The first kappa shape index (κ1) is 16.7. The van der Waals surface area contributed by atoms with Crippen LogP contribution in [0.1, 0.15) is 32.4 Å². The van der Waals surface area contributed by atoms with Gasteiger partial charge in [0, 0.05) is 30.2 Å². The fourth-order valence-corrected chi connectivity index (χ4v) is 3.98. The summed E-state index contributed by atoms with van der Waals surface area (Å²) in [5.74, 6) is 0.654. The SMILES string of the molecule is CCCN1CC[C@H](Cn2c(CC)cc(=O)c3cc(Br)ncc32)C1. The minimum Gasteiger partial charge on any atom is -0.343 e. The third kappa shape index (κ3) is 3.50. The number of pyridine rings is 2. The molecule has 0 saturated carbocycles. The van der Waals surface area contributed by atoms with E-state index < -0.39 is 0 Å². The second kappa shape index (κ2) is 7.14. The molecule has 1 fully saturated rings. The largest absolute Gasteiger partial charge is 0.343 e. The van der Waals surface area contributed by atoms with Gasteiger partial charge in [-0.1, -0.05) is 13.8 Å². The zero-order chi connectivity index (χ0) is 16.4. The van der Waals surface area contributed by atoms with Crippen molar-refractivity contribution in [3.8, 4) is 0 Å². The highest BCUT2D eigenvalue weighted by Gasteiger charge is 2.23. The molecule has 0 spiro atoms. The van der Waals surface area contributed by atoms with E-state index in [-0.39, 0.29) is 5.43 Å². The van der Waals surface area contributed by atoms with Crippen LogP contribution in [-0.2, 0) is 13.0 Å². The lowest BCUT2D eigenvalue weighted by Crippen LogP contribution is -2.24. The van der Waals surface area contributed by atoms with E-state index in [9.17, 15) is 4.79 Å². The standard InChI is InChI=1S/C18H24BrN3O/c1-3-6-21-7-5-13(11-21)12-22-14(4-2)8-17(23)15-9-18(19)20-10-16(15)22/h8-10,13H,3-7,11-12H2,1-2H3/t13-/m0/s1. The van der Waals surface area contributed by atoms with Gasteiger partial charge in [0.05, 0.1) is 11.7 Å². The molecule has 0 amide bonds.